The van der Waals surface area contributed by atoms with Crippen LogP contribution in [0, 0.1) is 17.8 Å². The lowest BCUT2D eigenvalue weighted by molar-refractivity contribution is -0.171. The fourth-order valence-corrected chi connectivity index (χ4v) is 4.57. The summed E-state index contributed by atoms with van der Waals surface area (Å²) in [6.45, 7) is 7.74. The van der Waals surface area contributed by atoms with E-state index in [4.69, 9.17) is 9.47 Å². The molecule has 0 amide bonds. The van der Waals surface area contributed by atoms with E-state index in [2.05, 4.69) is 13.0 Å². The summed E-state index contributed by atoms with van der Waals surface area (Å²) in [6.07, 6.45) is 4.23. The zero-order valence-electron chi connectivity index (χ0n) is 15.7. The largest absolute Gasteiger partial charge is 0.458 e. The normalized spacial score (nSPS) is 45.7. The molecule has 0 aromatic rings. The molecule has 3 aliphatic heterocycles. The molecule has 0 saturated carbocycles. The highest BCUT2D eigenvalue weighted by Crippen LogP contribution is 2.43. The fraction of sp³-hybridized carbons (Fsp3) is 0.800. The van der Waals surface area contributed by atoms with E-state index >= 15 is 0 Å². The monoisotopic (exact) mass is 350 g/mol. The lowest BCUT2D eigenvalue weighted by atomic mass is 9.79. The van der Waals surface area contributed by atoms with Crippen LogP contribution in [-0.4, -0.2) is 40.8 Å². The lowest BCUT2D eigenvalue weighted by Crippen LogP contribution is -2.51. The molecule has 5 nitrogen and oxygen atoms in total. The van der Waals surface area contributed by atoms with E-state index in [1.54, 1.807) is 6.92 Å². The van der Waals surface area contributed by atoms with Crippen molar-refractivity contribution in [1.29, 1.82) is 0 Å². The van der Waals surface area contributed by atoms with E-state index in [1.165, 1.54) is 0 Å². The molecule has 3 aliphatic rings. The molecule has 140 valence electrons. The van der Waals surface area contributed by atoms with Gasteiger partial charge >= 0.3 is 5.97 Å². The zero-order chi connectivity index (χ0) is 18.4. The molecule has 5 heteroatoms. The van der Waals surface area contributed by atoms with Gasteiger partial charge in [0.25, 0.3) is 0 Å². The lowest BCUT2D eigenvalue weighted by Gasteiger charge is -2.36. The molecular formula is C20H30O5. The molecule has 0 aliphatic carbocycles. The van der Waals surface area contributed by atoms with Crippen LogP contribution in [0.2, 0.25) is 0 Å². The predicted molar refractivity (Wildman–Crippen MR) is 92.8 cm³/mol. The number of carbonyl (C=O) groups is 2. The molecule has 7 unspecified atom stereocenters. The summed E-state index contributed by atoms with van der Waals surface area (Å²) in [5, 5.41) is 11.0. The number of aliphatic hydroxyl groups excluding tert-OH is 1. The second-order valence-corrected chi connectivity index (χ2v) is 8.42. The number of fused-ring (bicyclic) bond motifs is 3. The Hall–Kier alpha value is -1.20. The SMILES string of the molecule is CC1=CCCC(C)C2CCC(C)(O2)C(O)C2OC(=O)C(C)C2C(=O)C1. The van der Waals surface area contributed by atoms with Crippen LogP contribution in [0.1, 0.15) is 59.8 Å². The van der Waals surface area contributed by atoms with E-state index in [1.807, 2.05) is 13.8 Å². The number of hydrogen-bond acceptors (Lipinski definition) is 5. The highest BCUT2D eigenvalue weighted by molar-refractivity contribution is 5.91. The summed E-state index contributed by atoms with van der Waals surface area (Å²) in [4.78, 5) is 25.0. The zero-order valence-corrected chi connectivity index (χ0v) is 15.7. The molecule has 3 heterocycles. The molecule has 25 heavy (non-hydrogen) atoms. The van der Waals surface area contributed by atoms with Gasteiger partial charge in [-0.1, -0.05) is 25.5 Å². The Morgan fingerprint density at radius 1 is 1.24 bits per heavy atom. The first kappa shape index (κ1) is 18.6. The van der Waals surface area contributed by atoms with Crippen molar-refractivity contribution in [2.45, 2.75) is 83.7 Å². The molecule has 2 bridgehead atoms. The van der Waals surface area contributed by atoms with E-state index in [9.17, 15) is 14.7 Å². The first-order valence-corrected chi connectivity index (χ1v) is 9.47. The van der Waals surface area contributed by atoms with Crippen LogP contribution in [-0.2, 0) is 19.1 Å². The Morgan fingerprint density at radius 3 is 2.68 bits per heavy atom. The van der Waals surface area contributed by atoms with Crippen LogP contribution >= 0.6 is 0 Å². The average molecular weight is 350 g/mol. The third kappa shape index (κ3) is 3.41. The van der Waals surface area contributed by atoms with Crippen molar-refractivity contribution < 1.29 is 24.2 Å². The highest BCUT2D eigenvalue weighted by Gasteiger charge is 2.55. The summed E-state index contributed by atoms with van der Waals surface area (Å²) < 4.78 is 11.7. The summed E-state index contributed by atoms with van der Waals surface area (Å²) in [5.74, 6) is -1.17. The quantitative estimate of drug-likeness (QED) is 0.537. The maximum Gasteiger partial charge on any atom is 0.309 e. The molecule has 0 spiro atoms. The number of Topliss-reactive ketones (excluding diaryl/α,β-unsaturated/α-hetero) is 1. The molecule has 0 radical (unpaired) electrons. The second-order valence-electron chi connectivity index (χ2n) is 8.42. The van der Waals surface area contributed by atoms with Gasteiger partial charge in [-0.05, 0) is 45.4 Å². The molecule has 1 N–H and O–H groups in total. The summed E-state index contributed by atoms with van der Waals surface area (Å²) in [6, 6.07) is 0. The Bertz CT molecular complexity index is 583. The average Bonchev–Trinajstić information content (AvgIpc) is 3.08. The van der Waals surface area contributed by atoms with Crippen LogP contribution in [0.5, 0.6) is 0 Å². The topological polar surface area (TPSA) is 72.8 Å². The molecule has 2 saturated heterocycles. The first-order valence-electron chi connectivity index (χ1n) is 9.47. The number of allylic oxidation sites excluding steroid dienone is 2. The van der Waals surface area contributed by atoms with Gasteiger partial charge in [-0.2, -0.15) is 0 Å². The number of esters is 1. The Balaban J connectivity index is 1.95. The molecule has 2 fully saturated rings. The van der Waals surface area contributed by atoms with E-state index < -0.39 is 35.6 Å². The summed E-state index contributed by atoms with van der Waals surface area (Å²) >= 11 is 0. The van der Waals surface area contributed by atoms with Crippen LogP contribution in [0.3, 0.4) is 0 Å². The van der Waals surface area contributed by atoms with Gasteiger partial charge in [0.15, 0.2) is 0 Å². The van der Waals surface area contributed by atoms with Gasteiger partial charge in [0.1, 0.15) is 18.0 Å². The predicted octanol–water partition coefficient (Wildman–Crippen LogP) is 2.80. The van der Waals surface area contributed by atoms with Crippen molar-refractivity contribution in [3.05, 3.63) is 11.6 Å². The van der Waals surface area contributed by atoms with Gasteiger partial charge in [-0.25, -0.2) is 0 Å². The minimum atomic E-state index is -0.988. The van der Waals surface area contributed by atoms with Gasteiger partial charge in [-0.15, -0.1) is 0 Å². The minimum Gasteiger partial charge on any atom is -0.458 e. The van der Waals surface area contributed by atoms with Crippen LogP contribution < -0.4 is 0 Å². The third-order valence-corrected chi connectivity index (χ3v) is 6.37. The molecule has 3 rings (SSSR count). The fourth-order valence-electron chi connectivity index (χ4n) is 4.57. The van der Waals surface area contributed by atoms with E-state index in [0.29, 0.717) is 18.8 Å². The number of hydrogen-bond donors (Lipinski definition) is 1. The van der Waals surface area contributed by atoms with E-state index in [-0.39, 0.29) is 11.9 Å². The Kier molecular flexibility index (Phi) is 5.09. The van der Waals surface area contributed by atoms with Crippen LogP contribution in [0.4, 0.5) is 0 Å². The van der Waals surface area contributed by atoms with Crippen molar-refractivity contribution >= 4 is 11.8 Å². The van der Waals surface area contributed by atoms with Gasteiger partial charge in [-0.3, -0.25) is 9.59 Å². The number of rotatable bonds is 0. The standard InChI is InChI=1S/C20H30O5/c1-11-6-5-7-12(2)15-8-9-20(4,25-15)18(22)17-16(14(21)10-11)13(3)19(23)24-17/h6,12-13,15-18,22H,5,7-10H2,1-4H3. The van der Waals surface area contributed by atoms with Gasteiger partial charge in [0.05, 0.1) is 23.5 Å². The number of ketones is 1. The summed E-state index contributed by atoms with van der Waals surface area (Å²) in [5.41, 5.74) is 0.247. The van der Waals surface area contributed by atoms with Crippen LogP contribution in [0.15, 0.2) is 11.6 Å². The van der Waals surface area contributed by atoms with Crippen molar-refractivity contribution in [2.75, 3.05) is 0 Å². The Labute approximate surface area is 149 Å². The van der Waals surface area contributed by atoms with Gasteiger partial charge in [0, 0.05) is 6.42 Å². The smallest absolute Gasteiger partial charge is 0.309 e. The molecule has 0 aromatic heterocycles. The maximum absolute atomic E-state index is 12.9. The molecule has 0 aromatic carbocycles. The van der Waals surface area contributed by atoms with Crippen LogP contribution in [0.25, 0.3) is 0 Å². The number of carbonyl (C=O) groups excluding carboxylic acids is 2. The summed E-state index contributed by atoms with van der Waals surface area (Å²) in [7, 11) is 0. The maximum atomic E-state index is 12.9. The second kappa shape index (κ2) is 6.84. The molecular weight excluding hydrogens is 320 g/mol. The van der Waals surface area contributed by atoms with Crippen molar-refractivity contribution in [1.82, 2.24) is 0 Å². The number of aliphatic hydroxyl groups is 1. The van der Waals surface area contributed by atoms with Gasteiger partial charge < -0.3 is 14.6 Å². The van der Waals surface area contributed by atoms with Gasteiger partial charge in [0.2, 0.25) is 0 Å². The molecule has 7 atom stereocenters. The highest BCUT2D eigenvalue weighted by atomic mass is 16.6. The number of ether oxygens (including phenoxy) is 2. The first-order chi connectivity index (χ1) is 11.7. The van der Waals surface area contributed by atoms with Crippen molar-refractivity contribution in [2.24, 2.45) is 17.8 Å². The Morgan fingerprint density at radius 2 is 1.96 bits per heavy atom. The van der Waals surface area contributed by atoms with Crippen molar-refractivity contribution in [3.63, 3.8) is 0 Å². The minimum absolute atomic E-state index is 0.0263. The third-order valence-electron chi connectivity index (χ3n) is 6.37. The van der Waals surface area contributed by atoms with Crippen molar-refractivity contribution in [3.8, 4) is 0 Å². The van der Waals surface area contributed by atoms with E-state index in [0.717, 1.165) is 24.8 Å².